The van der Waals surface area contributed by atoms with E-state index in [1.807, 2.05) is 23.6 Å². The van der Waals surface area contributed by atoms with Crippen LogP contribution < -0.4 is 10.0 Å². The minimum absolute atomic E-state index is 0.201. The molecule has 3 heterocycles. The summed E-state index contributed by atoms with van der Waals surface area (Å²) in [5, 5.41) is 18.0. The van der Waals surface area contributed by atoms with Crippen molar-refractivity contribution in [2.24, 2.45) is 0 Å². The highest BCUT2D eigenvalue weighted by Crippen LogP contribution is 2.13. The summed E-state index contributed by atoms with van der Waals surface area (Å²) in [7, 11) is -3.55. The maximum Gasteiger partial charge on any atom is 0.240 e. The van der Waals surface area contributed by atoms with Gasteiger partial charge in [-0.1, -0.05) is 24.3 Å². The van der Waals surface area contributed by atoms with E-state index in [2.05, 4.69) is 31.4 Å². The SMILES string of the molecule is O=S(=O)(NCCc1nnc2ccc(NCc3cccs3)nn12)c1ccccc1. The van der Waals surface area contributed by atoms with Crippen LogP contribution in [0.1, 0.15) is 10.7 Å². The molecular weight excluding hydrogens is 396 g/mol. The van der Waals surface area contributed by atoms with Crippen LogP contribution in [0.4, 0.5) is 5.82 Å². The van der Waals surface area contributed by atoms with Crippen LogP contribution >= 0.6 is 11.3 Å². The number of fused-ring (bicyclic) bond motifs is 1. The van der Waals surface area contributed by atoms with E-state index >= 15 is 0 Å². The topological polar surface area (TPSA) is 101 Å². The van der Waals surface area contributed by atoms with Crippen molar-refractivity contribution in [2.75, 3.05) is 11.9 Å². The fourth-order valence-electron chi connectivity index (χ4n) is 2.65. The van der Waals surface area contributed by atoms with Gasteiger partial charge in [-0.15, -0.1) is 26.6 Å². The number of rotatable bonds is 8. The Morgan fingerprint density at radius 1 is 1.00 bits per heavy atom. The first-order valence-corrected chi connectivity index (χ1v) is 11.0. The summed E-state index contributed by atoms with van der Waals surface area (Å²) in [6.45, 7) is 0.886. The summed E-state index contributed by atoms with van der Waals surface area (Å²) >= 11 is 1.68. The number of nitrogens with zero attached hydrogens (tertiary/aromatic N) is 4. The van der Waals surface area contributed by atoms with Gasteiger partial charge in [0.2, 0.25) is 10.0 Å². The largest absolute Gasteiger partial charge is 0.364 e. The second kappa shape index (κ2) is 8.05. The van der Waals surface area contributed by atoms with Crippen LogP contribution in [0.5, 0.6) is 0 Å². The van der Waals surface area contributed by atoms with Crippen molar-refractivity contribution in [1.29, 1.82) is 0 Å². The number of nitrogens with one attached hydrogen (secondary N) is 2. The third kappa shape index (κ3) is 4.19. The highest BCUT2D eigenvalue weighted by atomic mass is 32.2. The third-order valence-electron chi connectivity index (χ3n) is 4.05. The van der Waals surface area contributed by atoms with Crippen LogP contribution in [-0.2, 0) is 23.0 Å². The molecule has 8 nitrogen and oxygen atoms in total. The Balaban J connectivity index is 1.43. The van der Waals surface area contributed by atoms with E-state index in [1.54, 1.807) is 46.2 Å². The fourth-order valence-corrected chi connectivity index (χ4v) is 4.35. The van der Waals surface area contributed by atoms with Crippen LogP contribution in [0.3, 0.4) is 0 Å². The average Bonchev–Trinajstić information content (AvgIpc) is 3.37. The van der Waals surface area contributed by atoms with E-state index in [4.69, 9.17) is 0 Å². The molecule has 0 bridgehead atoms. The normalized spacial score (nSPS) is 11.7. The monoisotopic (exact) mass is 414 g/mol. The second-order valence-electron chi connectivity index (χ2n) is 6.00. The minimum Gasteiger partial charge on any atom is -0.364 e. The quantitative estimate of drug-likeness (QED) is 0.459. The number of benzene rings is 1. The fraction of sp³-hybridized carbons (Fsp3) is 0.167. The molecule has 0 unspecified atom stereocenters. The number of hydrogen-bond acceptors (Lipinski definition) is 7. The molecule has 0 saturated heterocycles. The molecule has 144 valence electrons. The second-order valence-corrected chi connectivity index (χ2v) is 8.80. The summed E-state index contributed by atoms with van der Waals surface area (Å²) in [5.41, 5.74) is 0.614. The summed E-state index contributed by atoms with van der Waals surface area (Å²) < 4.78 is 28.8. The standard InChI is InChI=1S/C18H18N6O2S2/c25-28(26,15-6-2-1-3-7-15)20-11-10-18-22-21-17-9-8-16(23-24(17)18)19-13-14-5-4-12-27-14/h1-9,12,20H,10-11,13H2,(H,19,23). The summed E-state index contributed by atoms with van der Waals surface area (Å²) in [6, 6.07) is 16.0. The molecule has 0 aliphatic heterocycles. The van der Waals surface area contributed by atoms with Crippen molar-refractivity contribution in [1.82, 2.24) is 24.5 Å². The lowest BCUT2D eigenvalue weighted by Crippen LogP contribution is -2.26. The molecule has 0 fully saturated rings. The van der Waals surface area contributed by atoms with Gasteiger partial charge in [0.25, 0.3) is 0 Å². The first kappa shape index (κ1) is 18.5. The maximum absolute atomic E-state index is 12.3. The molecule has 3 aromatic heterocycles. The van der Waals surface area contributed by atoms with Crippen LogP contribution in [0.2, 0.25) is 0 Å². The van der Waals surface area contributed by atoms with Gasteiger partial charge in [0, 0.05) is 17.8 Å². The van der Waals surface area contributed by atoms with Gasteiger partial charge in [0.1, 0.15) is 5.82 Å². The molecule has 4 aromatic rings. The van der Waals surface area contributed by atoms with Gasteiger partial charge in [-0.25, -0.2) is 13.1 Å². The van der Waals surface area contributed by atoms with Gasteiger partial charge < -0.3 is 5.32 Å². The number of aromatic nitrogens is 4. The van der Waals surface area contributed by atoms with Gasteiger partial charge in [-0.05, 0) is 35.7 Å². The Bertz CT molecular complexity index is 1160. The lowest BCUT2D eigenvalue weighted by molar-refractivity contribution is 0.580. The van der Waals surface area contributed by atoms with Crippen LogP contribution in [0, 0.1) is 0 Å². The smallest absolute Gasteiger partial charge is 0.240 e. The molecule has 4 rings (SSSR count). The van der Waals surface area contributed by atoms with Gasteiger partial charge in [0.15, 0.2) is 11.5 Å². The number of anilines is 1. The average molecular weight is 415 g/mol. The van der Waals surface area contributed by atoms with E-state index in [-0.39, 0.29) is 11.4 Å². The molecule has 0 spiro atoms. The van der Waals surface area contributed by atoms with Crippen molar-refractivity contribution in [3.05, 3.63) is 70.7 Å². The number of sulfonamides is 1. The van der Waals surface area contributed by atoms with Crippen molar-refractivity contribution >= 4 is 32.8 Å². The Morgan fingerprint density at radius 2 is 1.86 bits per heavy atom. The zero-order valence-corrected chi connectivity index (χ0v) is 16.4. The minimum atomic E-state index is -3.55. The summed E-state index contributed by atoms with van der Waals surface area (Å²) in [4.78, 5) is 1.44. The number of hydrogen-bond donors (Lipinski definition) is 2. The highest BCUT2D eigenvalue weighted by Gasteiger charge is 2.14. The Labute approximate surface area is 166 Å². The zero-order chi connectivity index (χ0) is 19.4. The molecule has 0 radical (unpaired) electrons. The third-order valence-corrected chi connectivity index (χ3v) is 6.40. The number of thiophene rings is 1. The van der Waals surface area contributed by atoms with E-state index in [9.17, 15) is 8.42 Å². The van der Waals surface area contributed by atoms with Gasteiger partial charge in [-0.3, -0.25) is 0 Å². The summed E-state index contributed by atoms with van der Waals surface area (Å²) in [6.07, 6.45) is 0.370. The summed E-state index contributed by atoms with van der Waals surface area (Å²) in [5.74, 6) is 1.29. The Kier molecular flexibility index (Phi) is 5.33. The van der Waals surface area contributed by atoms with Crippen molar-refractivity contribution < 1.29 is 8.42 Å². The first-order chi connectivity index (χ1) is 13.6. The van der Waals surface area contributed by atoms with Gasteiger partial charge >= 0.3 is 0 Å². The van der Waals surface area contributed by atoms with Crippen LogP contribution in [0.15, 0.2) is 64.9 Å². The van der Waals surface area contributed by atoms with E-state index in [0.29, 0.717) is 30.3 Å². The van der Waals surface area contributed by atoms with Crippen molar-refractivity contribution in [3.8, 4) is 0 Å². The molecular formula is C18H18N6O2S2. The lowest BCUT2D eigenvalue weighted by atomic mass is 10.4. The molecule has 0 aliphatic rings. The van der Waals surface area contributed by atoms with Gasteiger partial charge in [-0.2, -0.15) is 4.52 Å². The van der Waals surface area contributed by atoms with E-state index in [0.717, 1.165) is 0 Å². The lowest BCUT2D eigenvalue weighted by Gasteiger charge is -2.07. The van der Waals surface area contributed by atoms with Crippen molar-refractivity contribution in [2.45, 2.75) is 17.9 Å². The molecule has 0 atom stereocenters. The van der Waals surface area contributed by atoms with Crippen LogP contribution in [-0.4, -0.2) is 34.8 Å². The van der Waals surface area contributed by atoms with Gasteiger partial charge in [0.05, 0.1) is 11.4 Å². The Hall–Kier alpha value is -2.82. The molecule has 28 heavy (non-hydrogen) atoms. The van der Waals surface area contributed by atoms with Crippen molar-refractivity contribution in [3.63, 3.8) is 0 Å². The predicted octanol–water partition coefficient (Wildman–Crippen LogP) is 2.32. The first-order valence-electron chi connectivity index (χ1n) is 8.64. The maximum atomic E-state index is 12.3. The molecule has 0 amide bonds. The Morgan fingerprint density at radius 3 is 2.64 bits per heavy atom. The van der Waals surface area contributed by atoms with E-state index < -0.39 is 10.0 Å². The predicted molar refractivity (Wildman–Crippen MR) is 108 cm³/mol. The molecule has 2 N–H and O–H groups in total. The molecule has 1 aromatic carbocycles. The van der Waals surface area contributed by atoms with Crippen LogP contribution in [0.25, 0.3) is 5.65 Å². The molecule has 10 heteroatoms. The zero-order valence-electron chi connectivity index (χ0n) is 14.8. The van der Waals surface area contributed by atoms with E-state index in [1.165, 1.54) is 4.88 Å². The highest BCUT2D eigenvalue weighted by molar-refractivity contribution is 7.89. The molecule has 0 aliphatic carbocycles. The molecule has 0 saturated carbocycles.